The van der Waals surface area contributed by atoms with Gasteiger partial charge in [0.2, 0.25) is 0 Å². The molecular weight excluding hydrogens is 222 g/mol. The molecule has 1 saturated carbocycles. The van der Waals surface area contributed by atoms with E-state index in [2.05, 4.69) is 13.0 Å². The van der Waals surface area contributed by atoms with Gasteiger partial charge in [0, 0.05) is 5.56 Å². The fourth-order valence-electron chi connectivity index (χ4n) is 2.55. The van der Waals surface area contributed by atoms with E-state index >= 15 is 0 Å². The molecule has 0 amide bonds. The van der Waals surface area contributed by atoms with Crippen molar-refractivity contribution in [2.24, 2.45) is 5.73 Å². The minimum atomic E-state index is -0.328. The highest BCUT2D eigenvalue weighted by molar-refractivity contribution is 6.01. The molecule has 1 fully saturated rings. The summed E-state index contributed by atoms with van der Waals surface area (Å²) in [5.74, 6) is 0.717. The first kappa shape index (κ1) is 13.3. The molecule has 2 heteroatoms. The van der Waals surface area contributed by atoms with Crippen LogP contribution >= 0.6 is 0 Å². The summed E-state index contributed by atoms with van der Waals surface area (Å²) in [6, 6.07) is 7.70. The second kappa shape index (κ2) is 6.14. The van der Waals surface area contributed by atoms with Crippen molar-refractivity contribution >= 4 is 5.78 Å². The molecule has 1 aromatic carbocycles. The third kappa shape index (κ3) is 2.81. The number of hydrogen-bond donors (Lipinski definition) is 1. The summed E-state index contributed by atoms with van der Waals surface area (Å²) < 4.78 is 0. The zero-order valence-electron chi connectivity index (χ0n) is 11.2. The lowest BCUT2D eigenvalue weighted by Crippen LogP contribution is -2.31. The molecule has 0 spiro atoms. The molecular formula is C16H23NO. The van der Waals surface area contributed by atoms with Crippen molar-refractivity contribution in [2.45, 2.75) is 57.4 Å². The predicted octanol–water partition coefficient (Wildman–Crippen LogP) is 3.65. The number of benzene rings is 1. The Morgan fingerprint density at radius 1 is 1.39 bits per heavy atom. The number of Topliss-reactive ketones (excluding diaryl/α,β-unsaturated/α-hetero) is 1. The maximum atomic E-state index is 12.4. The molecule has 0 aliphatic heterocycles. The second-order valence-electron chi connectivity index (χ2n) is 5.33. The molecule has 2 rings (SSSR count). The lowest BCUT2D eigenvalue weighted by molar-refractivity contribution is 0.0954. The maximum absolute atomic E-state index is 12.4. The molecule has 2 N–H and O–H groups in total. The van der Waals surface area contributed by atoms with Crippen molar-refractivity contribution in [3.05, 3.63) is 35.4 Å². The summed E-state index contributed by atoms with van der Waals surface area (Å²) in [6.07, 6.45) is 6.64. The van der Waals surface area contributed by atoms with E-state index in [0.717, 1.165) is 24.8 Å². The Labute approximate surface area is 110 Å². The van der Waals surface area contributed by atoms with E-state index < -0.39 is 0 Å². The third-order valence-corrected chi connectivity index (χ3v) is 3.98. The normalized spacial score (nSPS) is 17.2. The molecule has 0 bridgehead atoms. The largest absolute Gasteiger partial charge is 0.321 e. The van der Waals surface area contributed by atoms with Crippen molar-refractivity contribution in [3.63, 3.8) is 0 Å². The van der Waals surface area contributed by atoms with Crippen LogP contribution in [-0.4, -0.2) is 11.8 Å². The maximum Gasteiger partial charge on any atom is 0.179 e. The number of ketones is 1. The first-order valence-corrected chi connectivity index (χ1v) is 7.12. The van der Waals surface area contributed by atoms with Crippen molar-refractivity contribution in [2.75, 3.05) is 0 Å². The summed E-state index contributed by atoms with van der Waals surface area (Å²) in [6.45, 7) is 2.12. The molecule has 18 heavy (non-hydrogen) atoms. The Hall–Kier alpha value is -1.15. The molecule has 2 nitrogen and oxygen atoms in total. The van der Waals surface area contributed by atoms with Crippen LogP contribution < -0.4 is 5.73 Å². The second-order valence-corrected chi connectivity index (χ2v) is 5.33. The number of nitrogens with two attached hydrogens (primary N) is 1. The summed E-state index contributed by atoms with van der Waals surface area (Å²) in [4.78, 5) is 12.4. The van der Waals surface area contributed by atoms with Crippen LogP contribution in [0.5, 0.6) is 0 Å². The van der Waals surface area contributed by atoms with Crippen molar-refractivity contribution in [1.82, 2.24) is 0 Å². The van der Waals surface area contributed by atoms with Gasteiger partial charge in [0.05, 0.1) is 6.04 Å². The van der Waals surface area contributed by atoms with Crippen LogP contribution in [-0.2, 0) is 0 Å². The van der Waals surface area contributed by atoms with E-state index in [9.17, 15) is 4.79 Å². The molecule has 1 atom stereocenters. The number of carbonyl (C=O) groups excluding carboxylic acids is 1. The highest BCUT2D eigenvalue weighted by Gasteiger charge is 2.25. The van der Waals surface area contributed by atoms with E-state index in [1.54, 1.807) is 0 Å². The average Bonchev–Trinajstić information content (AvgIpc) is 2.33. The first-order valence-electron chi connectivity index (χ1n) is 7.12. The summed E-state index contributed by atoms with van der Waals surface area (Å²) >= 11 is 0. The monoisotopic (exact) mass is 245 g/mol. The van der Waals surface area contributed by atoms with Crippen LogP contribution in [0.4, 0.5) is 0 Å². The van der Waals surface area contributed by atoms with E-state index in [1.165, 1.54) is 24.8 Å². The fourth-order valence-corrected chi connectivity index (χ4v) is 2.55. The zero-order valence-corrected chi connectivity index (χ0v) is 11.2. The van der Waals surface area contributed by atoms with Gasteiger partial charge in [0.1, 0.15) is 0 Å². The van der Waals surface area contributed by atoms with Crippen LogP contribution in [0.2, 0.25) is 0 Å². The molecule has 0 radical (unpaired) electrons. The quantitative estimate of drug-likeness (QED) is 0.777. The Bertz CT molecular complexity index is 409. The van der Waals surface area contributed by atoms with Gasteiger partial charge in [-0.25, -0.2) is 0 Å². The number of unbranched alkanes of at least 4 members (excludes halogenated alkanes) is 1. The van der Waals surface area contributed by atoms with Gasteiger partial charge in [-0.05, 0) is 30.7 Å². The van der Waals surface area contributed by atoms with Gasteiger partial charge in [-0.3, -0.25) is 4.79 Å². The van der Waals surface area contributed by atoms with Gasteiger partial charge < -0.3 is 5.73 Å². The lowest BCUT2D eigenvalue weighted by Gasteiger charge is -2.28. The highest BCUT2D eigenvalue weighted by Crippen LogP contribution is 2.38. The summed E-state index contributed by atoms with van der Waals surface area (Å²) in [5.41, 5.74) is 8.10. The predicted molar refractivity (Wildman–Crippen MR) is 74.9 cm³/mol. The molecule has 1 aliphatic carbocycles. The van der Waals surface area contributed by atoms with Crippen LogP contribution in [0.3, 0.4) is 0 Å². The van der Waals surface area contributed by atoms with E-state index in [-0.39, 0.29) is 11.8 Å². The van der Waals surface area contributed by atoms with E-state index in [0.29, 0.717) is 5.92 Å². The number of rotatable bonds is 6. The molecule has 1 unspecified atom stereocenters. The van der Waals surface area contributed by atoms with Crippen LogP contribution in [0.25, 0.3) is 0 Å². The third-order valence-electron chi connectivity index (χ3n) is 3.98. The van der Waals surface area contributed by atoms with Gasteiger partial charge in [-0.2, -0.15) is 0 Å². The minimum absolute atomic E-state index is 0.131. The van der Waals surface area contributed by atoms with E-state index in [1.807, 2.05) is 18.2 Å². The number of hydrogen-bond acceptors (Lipinski definition) is 2. The van der Waals surface area contributed by atoms with Gasteiger partial charge in [0.15, 0.2) is 5.78 Å². The van der Waals surface area contributed by atoms with Gasteiger partial charge in [-0.1, -0.05) is 50.5 Å². The lowest BCUT2D eigenvalue weighted by atomic mass is 9.77. The Kier molecular flexibility index (Phi) is 4.54. The summed E-state index contributed by atoms with van der Waals surface area (Å²) in [7, 11) is 0. The fraction of sp³-hybridized carbons (Fsp3) is 0.562. The van der Waals surface area contributed by atoms with Crippen LogP contribution in [0.15, 0.2) is 24.3 Å². The molecule has 0 aromatic heterocycles. The zero-order chi connectivity index (χ0) is 13.0. The van der Waals surface area contributed by atoms with Crippen molar-refractivity contribution in [3.8, 4) is 0 Å². The van der Waals surface area contributed by atoms with Gasteiger partial charge in [-0.15, -0.1) is 0 Å². The van der Waals surface area contributed by atoms with Crippen molar-refractivity contribution in [1.29, 1.82) is 0 Å². The SMILES string of the molecule is CCCCC(N)C(=O)c1ccccc1C1CCC1. The molecule has 0 saturated heterocycles. The van der Waals surface area contributed by atoms with Gasteiger partial charge >= 0.3 is 0 Å². The molecule has 98 valence electrons. The average molecular weight is 245 g/mol. The van der Waals surface area contributed by atoms with Gasteiger partial charge in [0.25, 0.3) is 0 Å². The molecule has 1 aromatic rings. The van der Waals surface area contributed by atoms with Crippen LogP contribution in [0.1, 0.15) is 67.3 Å². The number of carbonyl (C=O) groups is 1. The minimum Gasteiger partial charge on any atom is -0.321 e. The van der Waals surface area contributed by atoms with Crippen molar-refractivity contribution < 1.29 is 4.79 Å². The highest BCUT2D eigenvalue weighted by atomic mass is 16.1. The van der Waals surface area contributed by atoms with E-state index in [4.69, 9.17) is 5.73 Å². The first-order chi connectivity index (χ1) is 8.74. The molecule has 1 aliphatic rings. The Morgan fingerprint density at radius 2 is 2.11 bits per heavy atom. The smallest absolute Gasteiger partial charge is 0.179 e. The topological polar surface area (TPSA) is 43.1 Å². The Balaban J connectivity index is 2.13. The molecule has 0 heterocycles. The summed E-state index contributed by atoms with van der Waals surface area (Å²) in [5, 5.41) is 0. The van der Waals surface area contributed by atoms with Crippen LogP contribution in [0, 0.1) is 0 Å². The standard InChI is InChI=1S/C16H23NO/c1-2-3-11-15(17)16(18)14-10-5-4-9-13(14)12-7-6-8-12/h4-5,9-10,12,15H,2-3,6-8,11,17H2,1H3. The Morgan fingerprint density at radius 3 is 2.72 bits per heavy atom.